The van der Waals surface area contributed by atoms with Crippen molar-refractivity contribution in [1.29, 1.82) is 0 Å². The van der Waals surface area contributed by atoms with Crippen molar-refractivity contribution in [2.75, 3.05) is 10.5 Å². The van der Waals surface area contributed by atoms with Crippen molar-refractivity contribution >= 4 is 21.5 Å². The highest BCUT2D eigenvalue weighted by molar-refractivity contribution is 7.92. The quantitative estimate of drug-likeness (QED) is 0.723. The minimum absolute atomic E-state index is 0.105. The Labute approximate surface area is 128 Å². The maximum absolute atomic E-state index is 12.4. The highest BCUT2D eigenvalue weighted by atomic mass is 32.2. The first-order valence-electron chi connectivity index (χ1n) is 6.54. The van der Waals surface area contributed by atoms with Crippen LogP contribution in [0.25, 0.3) is 5.69 Å². The topological polar surface area (TPSA) is 90.0 Å². The lowest BCUT2D eigenvalue weighted by Gasteiger charge is -2.11. The number of hydrogen-bond donors (Lipinski definition) is 2. The van der Waals surface area contributed by atoms with Crippen molar-refractivity contribution in [3.05, 3.63) is 66.9 Å². The van der Waals surface area contributed by atoms with E-state index in [1.165, 1.54) is 23.0 Å². The van der Waals surface area contributed by atoms with Crippen LogP contribution in [0.1, 0.15) is 0 Å². The standard InChI is InChI=1S/C15H14N4O2S/c16-12-5-4-8-14(11-12)22(20,21)18-15-9-10-17-19(15)13-6-2-1-3-7-13/h1-11,18H,16H2. The molecule has 0 radical (unpaired) electrons. The van der Waals surface area contributed by atoms with Crippen LogP contribution in [0.4, 0.5) is 11.5 Å². The molecule has 0 saturated carbocycles. The molecule has 0 spiro atoms. The molecule has 0 fully saturated rings. The van der Waals surface area contributed by atoms with Crippen molar-refractivity contribution < 1.29 is 8.42 Å². The molecule has 1 heterocycles. The van der Waals surface area contributed by atoms with Gasteiger partial charge in [-0.15, -0.1) is 0 Å². The van der Waals surface area contributed by atoms with Crippen LogP contribution in [-0.2, 0) is 10.0 Å². The Kier molecular flexibility index (Phi) is 3.56. The number of nitrogens with one attached hydrogen (secondary N) is 1. The largest absolute Gasteiger partial charge is 0.399 e. The molecule has 0 atom stereocenters. The number of para-hydroxylation sites is 1. The predicted molar refractivity (Wildman–Crippen MR) is 85.2 cm³/mol. The molecule has 112 valence electrons. The fourth-order valence-electron chi connectivity index (χ4n) is 2.03. The minimum atomic E-state index is -3.73. The van der Waals surface area contributed by atoms with Crippen LogP contribution in [-0.4, -0.2) is 18.2 Å². The van der Waals surface area contributed by atoms with E-state index in [1.807, 2.05) is 30.3 Å². The van der Waals surface area contributed by atoms with Gasteiger partial charge in [-0.3, -0.25) is 4.72 Å². The number of nitrogens with zero attached hydrogens (tertiary/aromatic N) is 2. The molecule has 22 heavy (non-hydrogen) atoms. The summed E-state index contributed by atoms with van der Waals surface area (Å²) in [7, 11) is -3.73. The van der Waals surface area contributed by atoms with Gasteiger partial charge < -0.3 is 5.73 Å². The lowest BCUT2D eigenvalue weighted by Crippen LogP contribution is -2.16. The van der Waals surface area contributed by atoms with Crippen molar-refractivity contribution in [1.82, 2.24) is 9.78 Å². The summed E-state index contributed by atoms with van der Waals surface area (Å²) in [4.78, 5) is 0.105. The number of anilines is 2. The zero-order chi connectivity index (χ0) is 15.6. The van der Waals surface area contributed by atoms with Gasteiger partial charge >= 0.3 is 0 Å². The summed E-state index contributed by atoms with van der Waals surface area (Å²) in [6.45, 7) is 0. The number of aromatic nitrogens is 2. The fraction of sp³-hybridized carbons (Fsp3) is 0. The summed E-state index contributed by atoms with van der Waals surface area (Å²) >= 11 is 0. The van der Waals surface area contributed by atoms with Gasteiger partial charge in [0.25, 0.3) is 10.0 Å². The highest BCUT2D eigenvalue weighted by Crippen LogP contribution is 2.20. The Morgan fingerprint density at radius 2 is 1.77 bits per heavy atom. The van der Waals surface area contributed by atoms with Gasteiger partial charge in [0.1, 0.15) is 5.82 Å². The predicted octanol–water partition coefficient (Wildman–Crippen LogP) is 2.26. The maximum Gasteiger partial charge on any atom is 0.263 e. The van der Waals surface area contributed by atoms with E-state index in [9.17, 15) is 8.42 Å². The molecule has 0 aliphatic carbocycles. The lowest BCUT2D eigenvalue weighted by atomic mass is 10.3. The molecule has 0 saturated heterocycles. The first-order chi connectivity index (χ1) is 10.6. The number of nitrogens with two attached hydrogens (primary N) is 1. The molecule has 0 bridgehead atoms. The average Bonchev–Trinajstić information content (AvgIpc) is 2.95. The van der Waals surface area contributed by atoms with E-state index in [-0.39, 0.29) is 4.90 Å². The van der Waals surface area contributed by atoms with Crippen molar-refractivity contribution in [2.24, 2.45) is 0 Å². The number of benzene rings is 2. The molecule has 3 rings (SSSR count). The third-order valence-corrected chi connectivity index (χ3v) is 4.40. The molecule has 0 aliphatic heterocycles. The van der Waals surface area contributed by atoms with Gasteiger partial charge in [0.05, 0.1) is 16.8 Å². The summed E-state index contributed by atoms with van der Waals surface area (Å²) < 4.78 is 28.9. The molecule has 7 heteroatoms. The summed E-state index contributed by atoms with van der Waals surface area (Å²) in [6, 6.07) is 17.0. The second-order valence-electron chi connectivity index (χ2n) is 4.64. The Morgan fingerprint density at radius 3 is 2.50 bits per heavy atom. The molecule has 3 aromatic rings. The molecule has 6 nitrogen and oxygen atoms in total. The van der Waals surface area contributed by atoms with E-state index in [2.05, 4.69) is 9.82 Å². The maximum atomic E-state index is 12.4. The molecular formula is C15H14N4O2S. The molecule has 0 unspecified atom stereocenters. The smallest absolute Gasteiger partial charge is 0.263 e. The van der Waals surface area contributed by atoms with Gasteiger partial charge in [-0.2, -0.15) is 5.10 Å². The Balaban J connectivity index is 1.96. The normalized spacial score (nSPS) is 11.3. The number of hydrogen-bond acceptors (Lipinski definition) is 4. The molecule has 1 aromatic heterocycles. The monoisotopic (exact) mass is 314 g/mol. The van der Waals surface area contributed by atoms with E-state index >= 15 is 0 Å². The van der Waals surface area contributed by atoms with Gasteiger partial charge in [0.15, 0.2) is 0 Å². The second kappa shape index (κ2) is 5.53. The van der Waals surface area contributed by atoms with Crippen molar-refractivity contribution in [2.45, 2.75) is 4.90 Å². The van der Waals surface area contributed by atoms with Crippen LogP contribution in [0, 0.1) is 0 Å². The van der Waals surface area contributed by atoms with Gasteiger partial charge in [-0.25, -0.2) is 13.1 Å². The van der Waals surface area contributed by atoms with Crippen LogP contribution in [0.5, 0.6) is 0 Å². The third-order valence-electron chi connectivity index (χ3n) is 3.05. The molecule has 0 amide bonds. The lowest BCUT2D eigenvalue weighted by molar-refractivity contribution is 0.600. The van der Waals surface area contributed by atoms with Crippen LogP contribution >= 0.6 is 0 Å². The molecule has 3 N–H and O–H groups in total. The van der Waals surface area contributed by atoms with Crippen LogP contribution < -0.4 is 10.5 Å². The summed E-state index contributed by atoms with van der Waals surface area (Å²) in [5.74, 6) is 0.355. The summed E-state index contributed by atoms with van der Waals surface area (Å²) in [5.41, 5.74) is 6.79. The van der Waals surface area contributed by atoms with E-state index in [4.69, 9.17) is 5.73 Å². The fourth-order valence-corrected chi connectivity index (χ4v) is 3.13. The molecule has 0 aliphatic rings. The SMILES string of the molecule is Nc1cccc(S(=O)(=O)Nc2ccnn2-c2ccccc2)c1. The van der Waals surface area contributed by atoms with Crippen LogP contribution in [0.15, 0.2) is 71.8 Å². The zero-order valence-electron chi connectivity index (χ0n) is 11.5. The Bertz CT molecular complexity index is 889. The minimum Gasteiger partial charge on any atom is -0.399 e. The van der Waals surface area contributed by atoms with Crippen LogP contribution in [0.2, 0.25) is 0 Å². The van der Waals surface area contributed by atoms with E-state index < -0.39 is 10.0 Å². The van der Waals surface area contributed by atoms with E-state index in [0.29, 0.717) is 11.5 Å². The highest BCUT2D eigenvalue weighted by Gasteiger charge is 2.17. The molecule has 2 aromatic carbocycles. The number of nitrogen functional groups attached to an aromatic ring is 1. The number of sulfonamides is 1. The Hall–Kier alpha value is -2.80. The van der Waals surface area contributed by atoms with Crippen molar-refractivity contribution in [3.63, 3.8) is 0 Å². The van der Waals surface area contributed by atoms with Crippen molar-refractivity contribution in [3.8, 4) is 5.69 Å². The van der Waals surface area contributed by atoms with Gasteiger partial charge in [-0.1, -0.05) is 24.3 Å². The van der Waals surface area contributed by atoms with E-state index in [1.54, 1.807) is 18.2 Å². The molecular weight excluding hydrogens is 300 g/mol. The third kappa shape index (κ3) is 2.79. The summed E-state index contributed by atoms with van der Waals surface area (Å²) in [6.07, 6.45) is 1.53. The van der Waals surface area contributed by atoms with Gasteiger partial charge in [0, 0.05) is 11.8 Å². The Morgan fingerprint density at radius 1 is 1.00 bits per heavy atom. The zero-order valence-corrected chi connectivity index (χ0v) is 12.4. The van der Waals surface area contributed by atoms with E-state index in [0.717, 1.165) is 5.69 Å². The average molecular weight is 314 g/mol. The summed E-state index contributed by atoms with van der Waals surface area (Å²) in [5, 5.41) is 4.15. The second-order valence-corrected chi connectivity index (χ2v) is 6.32. The first kappa shape index (κ1) is 14.2. The van der Waals surface area contributed by atoms with Gasteiger partial charge in [-0.05, 0) is 30.3 Å². The first-order valence-corrected chi connectivity index (χ1v) is 8.02. The number of rotatable bonds is 4. The van der Waals surface area contributed by atoms with Crippen LogP contribution in [0.3, 0.4) is 0 Å². The van der Waals surface area contributed by atoms with Gasteiger partial charge in [0.2, 0.25) is 0 Å².